The van der Waals surface area contributed by atoms with Crippen LogP contribution in [0.1, 0.15) is 18.4 Å². The van der Waals surface area contributed by atoms with Crippen LogP contribution in [0.3, 0.4) is 0 Å². The maximum Gasteiger partial charge on any atom is 0.238 e. The Labute approximate surface area is 118 Å². The van der Waals surface area contributed by atoms with Crippen LogP contribution in [0.4, 0.5) is 0 Å². The molecule has 1 atom stereocenters. The van der Waals surface area contributed by atoms with Crippen LogP contribution >= 0.6 is 0 Å². The van der Waals surface area contributed by atoms with Crippen molar-refractivity contribution >= 4 is 15.9 Å². The van der Waals surface area contributed by atoms with Crippen LogP contribution in [0.5, 0.6) is 0 Å². The molecular formula is C13H19N3O3S. The fourth-order valence-electron chi connectivity index (χ4n) is 2.24. The molecule has 4 N–H and O–H groups in total. The molecular weight excluding hydrogens is 278 g/mol. The van der Waals surface area contributed by atoms with Gasteiger partial charge in [0.05, 0.1) is 10.8 Å². The molecule has 1 saturated heterocycles. The standard InChI is InChI=1S/C13H19N3O3S/c14-20(18,19)12-5-1-3-10(7-12)8-16-13(17)11-4-2-6-15-9-11/h1,3,5,7,11,15H,2,4,6,8-9H2,(H,16,17)(H2,14,18,19)/t11-/m0/s1. The van der Waals surface area contributed by atoms with Crippen LogP contribution in [-0.2, 0) is 21.4 Å². The Hall–Kier alpha value is -1.44. The molecule has 1 amide bonds. The topological polar surface area (TPSA) is 101 Å². The van der Waals surface area contributed by atoms with E-state index in [1.165, 1.54) is 12.1 Å². The van der Waals surface area contributed by atoms with E-state index in [-0.39, 0.29) is 16.7 Å². The van der Waals surface area contributed by atoms with Crippen molar-refractivity contribution in [3.63, 3.8) is 0 Å². The number of carbonyl (C=O) groups is 1. The molecule has 1 aliphatic heterocycles. The highest BCUT2D eigenvalue weighted by atomic mass is 32.2. The molecule has 6 nitrogen and oxygen atoms in total. The molecule has 110 valence electrons. The number of hydrogen-bond donors (Lipinski definition) is 3. The minimum Gasteiger partial charge on any atom is -0.352 e. The second-order valence-electron chi connectivity index (χ2n) is 4.95. The monoisotopic (exact) mass is 297 g/mol. The van der Waals surface area contributed by atoms with Crippen LogP contribution in [-0.4, -0.2) is 27.4 Å². The van der Waals surface area contributed by atoms with Gasteiger partial charge in [-0.2, -0.15) is 0 Å². The van der Waals surface area contributed by atoms with E-state index in [2.05, 4.69) is 10.6 Å². The van der Waals surface area contributed by atoms with Gasteiger partial charge in [0.1, 0.15) is 0 Å². The van der Waals surface area contributed by atoms with E-state index >= 15 is 0 Å². The van der Waals surface area contributed by atoms with Gasteiger partial charge in [-0.25, -0.2) is 13.6 Å². The second-order valence-corrected chi connectivity index (χ2v) is 6.51. The first-order valence-corrected chi connectivity index (χ1v) is 8.11. The molecule has 0 bridgehead atoms. The fraction of sp³-hybridized carbons (Fsp3) is 0.462. The van der Waals surface area contributed by atoms with Gasteiger partial charge in [-0.1, -0.05) is 12.1 Å². The number of nitrogens with one attached hydrogen (secondary N) is 2. The molecule has 7 heteroatoms. The first kappa shape index (κ1) is 15.0. The van der Waals surface area contributed by atoms with Crippen LogP contribution in [0.25, 0.3) is 0 Å². The van der Waals surface area contributed by atoms with Crippen molar-refractivity contribution in [2.24, 2.45) is 11.1 Å². The number of nitrogens with two attached hydrogens (primary N) is 1. The molecule has 0 radical (unpaired) electrons. The smallest absolute Gasteiger partial charge is 0.238 e. The summed E-state index contributed by atoms with van der Waals surface area (Å²) in [5, 5.41) is 11.1. The highest BCUT2D eigenvalue weighted by Crippen LogP contribution is 2.12. The zero-order valence-electron chi connectivity index (χ0n) is 11.1. The Morgan fingerprint density at radius 3 is 2.90 bits per heavy atom. The second kappa shape index (κ2) is 6.34. The number of hydrogen-bond acceptors (Lipinski definition) is 4. The lowest BCUT2D eigenvalue weighted by molar-refractivity contribution is -0.125. The van der Waals surface area contributed by atoms with Crippen molar-refractivity contribution in [2.75, 3.05) is 13.1 Å². The Morgan fingerprint density at radius 1 is 1.45 bits per heavy atom. The molecule has 2 rings (SSSR count). The molecule has 1 heterocycles. The predicted molar refractivity (Wildman–Crippen MR) is 75.3 cm³/mol. The van der Waals surface area contributed by atoms with E-state index in [1.54, 1.807) is 12.1 Å². The first-order valence-electron chi connectivity index (χ1n) is 6.57. The summed E-state index contributed by atoms with van der Waals surface area (Å²) in [4.78, 5) is 12.0. The number of rotatable bonds is 4. The molecule has 0 saturated carbocycles. The molecule has 0 unspecified atom stereocenters. The summed E-state index contributed by atoms with van der Waals surface area (Å²) in [7, 11) is -3.71. The number of primary sulfonamides is 1. The van der Waals surface area contributed by atoms with E-state index in [0.717, 1.165) is 19.4 Å². The average molecular weight is 297 g/mol. The van der Waals surface area contributed by atoms with E-state index in [9.17, 15) is 13.2 Å². The Morgan fingerprint density at radius 2 is 2.25 bits per heavy atom. The third kappa shape index (κ3) is 4.03. The first-order chi connectivity index (χ1) is 9.47. The predicted octanol–water partition coefficient (Wildman–Crippen LogP) is -0.0502. The Kier molecular flexibility index (Phi) is 4.74. The summed E-state index contributed by atoms with van der Waals surface area (Å²) in [6, 6.07) is 6.29. The Bertz CT molecular complexity index is 580. The molecule has 1 aliphatic rings. The number of piperidine rings is 1. The molecule has 0 aliphatic carbocycles. The molecule has 0 spiro atoms. The molecule has 20 heavy (non-hydrogen) atoms. The van der Waals surface area contributed by atoms with Crippen molar-refractivity contribution in [3.8, 4) is 0 Å². The number of sulfonamides is 1. The van der Waals surface area contributed by atoms with Crippen molar-refractivity contribution in [3.05, 3.63) is 29.8 Å². The summed E-state index contributed by atoms with van der Waals surface area (Å²) in [6.07, 6.45) is 1.88. The minimum atomic E-state index is -3.71. The van der Waals surface area contributed by atoms with Crippen LogP contribution in [0.2, 0.25) is 0 Å². The van der Waals surface area contributed by atoms with E-state index in [4.69, 9.17) is 5.14 Å². The van der Waals surface area contributed by atoms with Crippen molar-refractivity contribution in [1.29, 1.82) is 0 Å². The summed E-state index contributed by atoms with van der Waals surface area (Å²) in [6.45, 7) is 1.96. The maximum atomic E-state index is 12.0. The summed E-state index contributed by atoms with van der Waals surface area (Å²) in [5.74, 6) is -0.0108. The van der Waals surface area contributed by atoms with Gasteiger partial charge in [-0.05, 0) is 37.1 Å². The highest BCUT2D eigenvalue weighted by Gasteiger charge is 2.20. The summed E-state index contributed by atoms with van der Waals surface area (Å²) in [5.41, 5.74) is 0.716. The third-order valence-electron chi connectivity index (χ3n) is 3.36. The van der Waals surface area contributed by atoms with Gasteiger partial charge < -0.3 is 10.6 Å². The van der Waals surface area contributed by atoms with Gasteiger partial charge in [0.15, 0.2) is 0 Å². The van der Waals surface area contributed by atoms with Gasteiger partial charge in [0.25, 0.3) is 0 Å². The lowest BCUT2D eigenvalue weighted by Gasteiger charge is -2.21. The number of carbonyl (C=O) groups excluding carboxylic acids is 1. The number of amides is 1. The van der Waals surface area contributed by atoms with E-state index in [0.29, 0.717) is 18.7 Å². The lowest BCUT2D eigenvalue weighted by atomic mass is 9.99. The molecule has 1 aromatic carbocycles. The van der Waals surface area contributed by atoms with Gasteiger partial charge >= 0.3 is 0 Å². The summed E-state index contributed by atoms with van der Waals surface area (Å²) < 4.78 is 22.5. The van der Waals surface area contributed by atoms with Crippen molar-refractivity contribution in [1.82, 2.24) is 10.6 Å². The Balaban J connectivity index is 1.95. The van der Waals surface area contributed by atoms with Crippen LogP contribution in [0, 0.1) is 5.92 Å². The van der Waals surface area contributed by atoms with Gasteiger partial charge in [-0.15, -0.1) is 0 Å². The molecule has 0 aromatic heterocycles. The SMILES string of the molecule is NS(=O)(=O)c1cccc(CNC(=O)[C@H]2CCCNC2)c1. The zero-order chi connectivity index (χ0) is 14.6. The van der Waals surface area contributed by atoms with Gasteiger partial charge in [-0.3, -0.25) is 4.79 Å². The van der Waals surface area contributed by atoms with Crippen molar-refractivity contribution < 1.29 is 13.2 Å². The maximum absolute atomic E-state index is 12.0. The van der Waals surface area contributed by atoms with Gasteiger partial charge in [0.2, 0.25) is 15.9 Å². The van der Waals surface area contributed by atoms with E-state index < -0.39 is 10.0 Å². The fourth-order valence-corrected chi connectivity index (χ4v) is 2.83. The van der Waals surface area contributed by atoms with Crippen molar-refractivity contribution in [2.45, 2.75) is 24.3 Å². The van der Waals surface area contributed by atoms with Crippen LogP contribution < -0.4 is 15.8 Å². The number of benzene rings is 1. The highest BCUT2D eigenvalue weighted by molar-refractivity contribution is 7.89. The van der Waals surface area contributed by atoms with Crippen LogP contribution in [0.15, 0.2) is 29.2 Å². The molecule has 1 fully saturated rings. The summed E-state index contributed by atoms with van der Waals surface area (Å²) >= 11 is 0. The average Bonchev–Trinajstić information content (AvgIpc) is 2.45. The third-order valence-corrected chi connectivity index (χ3v) is 4.27. The minimum absolute atomic E-state index is 0.00166. The quantitative estimate of drug-likeness (QED) is 0.725. The zero-order valence-corrected chi connectivity index (χ0v) is 11.9. The lowest BCUT2D eigenvalue weighted by Crippen LogP contribution is -2.40. The largest absolute Gasteiger partial charge is 0.352 e. The van der Waals surface area contributed by atoms with E-state index in [1.807, 2.05) is 0 Å². The molecule has 1 aromatic rings. The van der Waals surface area contributed by atoms with Gasteiger partial charge in [0, 0.05) is 13.1 Å². The normalized spacial score (nSPS) is 19.6.